The average molecular weight is 210 g/mol. The van der Waals surface area contributed by atoms with Gasteiger partial charge in [0, 0.05) is 0 Å². The molecule has 90 valence electrons. The highest BCUT2D eigenvalue weighted by Gasteiger charge is 1.77. The van der Waals surface area contributed by atoms with E-state index in [0.717, 1.165) is 0 Å². The largest absolute Gasteiger partial charge is 0.103 e. The summed E-state index contributed by atoms with van der Waals surface area (Å²) in [7, 11) is 0. The Labute approximate surface area is 97.8 Å². The summed E-state index contributed by atoms with van der Waals surface area (Å²) in [5.74, 6) is 0. The molecule has 0 aromatic rings. The zero-order chi connectivity index (χ0) is 12.7. The third-order valence-corrected chi connectivity index (χ3v) is 1.01. The van der Waals surface area contributed by atoms with Crippen LogP contribution in [0.2, 0.25) is 0 Å². The van der Waals surface area contributed by atoms with Gasteiger partial charge in [0.2, 0.25) is 0 Å². The molecule has 0 N–H and O–H groups in total. The number of hydrogen-bond acceptors (Lipinski definition) is 0. The van der Waals surface area contributed by atoms with Crippen LogP contribution in [0.5, 0.6) is 0 Å². The minimum Gasteiger partial charge on any atom is -0.103 e. The summed E-state index contributed by atoms with van der Waals surface area (Å²) in [6.07, 6.45) is 7.16. The van der Waals surface area contributed by atoms with E-state index in [2.05, 4.69) is 26.7 Å². The van der Waals surface area contributed by atoms with Crippen LogP contribution in [-0.2, 0) is 0 Å². The predicted octanol–water partition coefficient (Wildman–Crippen LogP) is 5.92. The van der Waals surface area contributed by atoms with Crippen LogP contribution in [0.25, 0.3) is 0 Å². The summed E-state index contributed by atoms with van der Waals surface area (Å²) in [6.45, 7) is 20.8. The summed E-state index contributed by atoms with van der Waals surface area (Å²) in [6, 6.07) is 0. The van der Waals surface area contributed by atoms with Gasteiger partial charge in [0.1, 0.15) is 0 Å². The minimum atomic E-state index is 1.17. The van der Waals surface area contributed by atoms with Gasteiger partial charge in [-0.1, -0.05) is 37.0 Å². The highest BCUT2D eigenvalue weighted by Crippen LogP contribution is 1.97. The van der Waals surface area contributed by atoms with Crippen LogP contribution in [0.3, 0.4) is 0 Å². The Morgan fingerprint density at radius 3 is 1.47 bits per heavy atom. The standard InChI is InChI=1S/C7H14.2C4H8/c1-3-5-7-6-4-2;2*1-4(2)3/h3H,1,4-7H2,2H3;2*1H2,2-3H3. The third-order valence-electron chi connectivity index (χ3n) is 1.01. The second kappa shape index (κ2) is 18.9. The predicted molar refractivity (Wildman–Crippen MR) is 75.3 cm³/mol. The summed E-state index contributed by atoms with van der Waals surface area (Å²) >= 11 is 0. The Bertz CT molecular complexity index is 131. The lowest BCUT2D eigenvalue weighted by Gasteiger charge is -1.87. The first-order valence-electron chi connectivity index (χ1n) is 5.73. The maximum atomic E-state index is 3.63. The minimum absolute atomic E-state index is 1.17. The summed E-state index contributed by atoms with van der Waals surface area (Å²) in [5, 5.41) is 0. The molecule has 0 saturated carbocycles. The molecule has 0 aromatic carbocycles. The topological polar surface area (TPSA) is 0 Å². The molecule has 0 nitrogen and oxygen atoms in total. The molecule has 0 heteroatoms. The van der Waals surface area contributed by atoms with Gasteiger partial charge >= 0.3 is 0 Å². The lowest BCUT2D eigenvalue weighted by Crippen LogP contribution is -1.67. The average Bonchev–Trinajstić information content (AvgIpc) is 2.03. The molecule has 0 aliphatic carbocycles. The maximum Gasteiger partial charge on any atom is -0.0353 e. The molecule has 0 saturated heterocycles. The normalized spacial score (nSPS) is 7.53. The molecule has 0 bridgehead atoms. The van der Waals surface area contributed by atoms with Crippen LogP contribution in [0.4, 0.5) is 0 Å². The van der Waals surface area contributed by atoms with E-state index in [1.807, 2.05) is 33.8 Å². The van der Waals surface area contributed by atoms with E-state index in [1.54, 1.807) is 0 Å². The van der Waals surface area contributed by atoms with E-state index in [-0.39, 0.29) is 0 Å². The molecule has 0 radical (unpaired) electrons. The molecule has 0 heterocycles. The van der Waals surface area contributed by atoms with Gasteiger partial charge in [-0.05, 0) is 40.5 Å². The molecular formula is C15H30. The molecule has 0 unspecified atom stereocenters. The van der Waals surface area contributed by atoms with Crippen molar-refractivity contribution in [1.29, 1.82) is 0 Å². The van der Waals surface area contributed by atoms with Crippen LogP contribution >= 0.6 is 0 Å². The van der Waals surface area contributed by atoms with Gasteiger partial charge in [-0.3, -0.25) is 0 Å². The molecule has 0 rings (SSSR count). The molecule has 0 aromatic heterocycles. The summed E-state index contributed by atoms with van der Waals surface area (Å²) in [5.41, 5.74) is 2.33. The van der Waals surface area contributed by atoms with Crippen molar-refractivity contribution in [3.8, 4) is 0 Å². The fourth-order valence-corrected chi connectivity index (χ4v) is 0.539. The molecule has 0 aliphatic heterocycles. The smallest absolute Gasteiger partial charge is 0.0353 e. The summed E-state index contributed by atoms with van der Waals surface area (Å²) < 4.78 is 0. The zero-order valence-corrected chi connectivity index (χ0v) is 11.5. The SMILES string of the molecule is C=C(C)C.C=C(C)C.C=CCCCCC. The van der Waals surface area contributed by atoms with Crippen molar-refractivity contribution in [2.45, 2.75) is 60.3 Å². The van der Waals surface area contributed by atoms with Crippen LogP contribution < -0.4 is 0 Å². The highest BCUT2D eigenvalue weighted by molar-refractivity contribution is 4.79. The number of allylic oxidation sites excluding steroid dienone is 3. The van der Waals surface area contributed by atoms with Crippen molar-refractivity contribution in [2.75, 3.05) is 0 Å². The Balaban J connectivity index is -0.000000155. The van der Waals surface area contributed by atoms with Gasteiger partial charge in [-0.25, -0.2) is 0 Å². The first-order chi connectivity index (χ1) is 6.88. The molecule has 15 heavy (non-hydrogen) atoms. The van der Waals surface area contributed by atoms with E-state index < -0.39 is 0 Å². The van der Waals surface area contributed by atoms with Crippen molar-refractivity contribution in [1.82, 2.24) is 0 Å². The van der Waals surface area contributed by atoms with Gasteiger partial charge in [0.15, 0.2) is 0 Å². The maximum absolute atomic E-state index is 3.63. The molecule has 0 spiro atoms. The van der Waals surface area contributed by atoms with Crippen LogP contribution in [0.15, 0.2) is 37.0 Å². The number of rotatable bonds is 4. The quantitative estimate of drug-likeness (QED) is 0.399. The Morgan fingerprint density at radius 1 is 0.933 bits per heavy atom. The fraction of sp³-hybridized carbons (Fsp3) is 0.600. The molecule has 0 fully saturated rings. The third kappa shape index (κ3) is 161. The van der Waals surface area contributed by atoms with Crippen molar-refractivity contribution >= 4 is 0 Å². The Morgan fingerprint density at radius 2 is 1.27 bits per heavy atom. The second-order valence-electron chi connectivity index (χ2n) is 4.20. The Hall–Kier alpha value is -0.780. The monoisotopic (exact) mass is 210 g/mol. The summed E-state index contributed by atoms with van der Waals surface area (Å²) in [4.78, 5) is 0. The molecule has 0 aliphatic rings. The van der Waals surface area contributed by atoms with Crippen molar-refractivity contribution in [3.63, 3.8) is 0 Å². The van der Waals surface area contributed by atoms with Gasteiger partial charge in [-0.2, -0.15) is 0 Å². The Kier molecular flexibility index (Phi) is 24.9. The van der Waals surface area contributed by atoms with Crippen LogP contribution in [0.1, 0.15) is 60.3 Å². The van der Waals surface area contributed by atoms with Gasteiger partial charge in [-0.15, -0.1) is 19.7 Å². The van der Waals surface area contributed by atoms with E-state index in [9.17, 15) is 0 Å². The van der Waals surface area contributed by atoms with Gasteiger partial charge < -0.3 is 0 Å². The van der Waals surface area contributed by atoms with Crippen molar-refractivity contribution < 1.29 is 0 Å². The van der Waals surface area contributed by atoms with Crippen LogP contribution in [0, 0.1) is 0 Å². The zero-order valence-electron chi connectivity index (χ0n) is 11.5. The van der Waals surface area contributed by atoms with Crippen molar-refractivity contribution in [3.05, 3.63) is 37.0 Å². The van der Waals surface area contributed by atoms with E-state index in [1.165, 1.54) is 36.8 Å². The van der Waals surface area contributed by atoms with E-state index in [4.69, 9.17) is 0 Å². The molecule has 0 amide bonds. The fourth-order valence-electron chi connectivity index (χ4n) is 0.539. The lowest BCUT2D eigenvalue weighted by atomic mass is 10.2. The molecular weight excluding hydrogens is 180 g/mol. The highest BCUT2D eigenvalue weighted by atomic mass is 13.8. The van der Waals surface area contributed by atoms with E-state index >= 15 is 0 Å². The van der Waals surface area contributed by atoms with Gasteiger partial charge in [0.25, 0.3) is 0 Å². The number of hydrogen-bond donors (Lipinski definition) is 0. The van der Waals surface area contributed by atoms with Crippen LogP contribution in [-0.4, -0.2) is 0 Å². The second-order valence-corrected chi connectivity index (χ2v) is 4.20. The van der Waals surface area contributed by atoms with Crippen molar-refractivity contribution in [2.24, 2.45) is 0 Å². The number of unbranched alkanes of at least 4 members (excludes halogenated alkanes) is 3. The lowest BCUT2D eigenvalue weighted by molar-refractivity contribution is 0.730. The first-order valence-corrected chi connectivity index (χ1v) is 5.73. The van der Waals surface area contributed by atoms with Gasteiger partial charge in [0.05, 0.1) is 0 Å². The first kappa shape index (κ1) is 19.7. The molecule has 0 atom stereocenters. The van der Waals surface area contributed by atoms with E-state index in [0.29, 0.717) is 0 Å².